The molecular formula is C27H28N4O2S. The molecule has 1 heterocycles. The van der Waals surface area contributed by atoms with Crippen molar-refractivity contribution in [2.45, 2.75) is 39.1 Å². The van der Waals surface area contributed by atoms with Gasteiger partial charge in [0.2, 0.25) is 5.91 Å². The summed E-state index contributed by atoms with van der Waals surface area (Å²) in [5, 5.41) is 12.4. The van der Waals surface area contributed by atoms with Gasteiger partial charge in [-0.2, -0.15) is 0 Å². The van der Waals surface area contributed by atoms with Gasteiger partial charge in [-0.1, -0.05) is 77.5 Å². The van der Waals surface area contributed by atoms with E-state index in [1.54, 1.807) is 0 Å². The van der Waals surface area contributed by atoms with Crippen LogP contribution < -0.4 is 10.1 Å². The first kappa shape index (κ1) is 23.6. The minimum atomic E-state index is -0.0799. The fraction of sp³-hybridized carbons (Fsp3) is 0.222. The molecule has 0 fully saturated rings. The first-order valence-electron chi connectivity index (χ1n) is 11.1. The van der Waals surface area contributed by atoms with Gasteiger partial charge in [0.25, 0.3) is 0 Å². The van der Waals surface area contributed by atoms with Crippen molar-refractivity contribution < 1.29 is 9.53 Å². The fourth-order valence-electron chi connectivity index (χ4n) is 3.51. The summed E-state index contributed by atoms with van der Waals surface area (Å²) in [5.41, 5.74) is 5.34. The molecule has 1 amide bonds. The van der Waals surface area contributed by atoms with Crippen LogP contribution in [0.4, 0.5) is 5.69 Å². The second-order valence-corrected chi connectivity index (χ2v) is 9.17. The zero-order valence-electron chi connectivity index (χ0n) is 19.6. The van der Waals surface area contributed by atoms with Gasteiger partial charge in [-0.15, -0.1) is 10.2 Å². The van der Waals surface area contributed by atoms with Gasteiger partial charge < -0.3 is 10.1 Å². The van der Waals surface area contributed by atoms with Gasteiger partial charge in [-0.05, 0) is 50.1 Å². The Hall–Kier alpha value is -3.58. The summed E-state index contributed by atoms with van der Waals surface area (Å²) < 4.78 is 7.97. The molecule has 174 valence electrons. The molecule has 0 saturated carbocycles. The molecule has 0 atom stereocenters. The topological polar surface area (TPSA) is 69.0 Å². The van der Waals surface area contributed by atoms with E-state index in [4.69, 9.17) is 4.74 Å². The quantitative estimate of drug-likeness (QED) is 0.323. The molecule has 6 nitrogen and oxygen atoms in total. The van der Waals surface area contributed by atoms with Crippen LogP contribution in [0.3, 0.4) is 0 Å². The van der Waals surface area contributed by atoms with Gasteiger partial charge >= 0.3 is 0 Å². The van der Waals surface area contributed by atoms with Crippen molar-refractivity contribution in [1.82, 2.24) is 14.8 Å². The number of amides is 1. The highest BCUT2D eigenvalue weighted by molar-refractivity contribution is 7.99. The summed E-state index contributed by atoms with van der Waals surface area (Å²) in [6.07, 6.45) is 0. The lowest BCUT2D eigenvalue weighted by Crippen LogP contribution is -2.16. The van der Waals surface area contributed by atoms with Crippen molar-refractivity contribution in [1.29, 1.82) is 0 Å². The first-order valence-corrected chi connectivity index (χ1v) is 12.1. The molecule has 0 aliphatic carbocycles. The molecule has 34 heavy (non-hydrogen) atoms. The Bertz CT molecular complexity index is 1250. The number of aryl methyl sites for hydroxylation is 3. The Kier molecular flexibility index (Phi) is 7.65. The molecule has 0 spiro atoms. The summed E-state index contributed by atoms with van der Waals surface area (Å²) in [6, 6.07) is 24.0. The number of rotatable bonds is 9. The third kappa shape index (κ3) is 6.26. The Morgan fingerprint density at radius 3 is 2.41 bits per heavy atom. The van der Waals surface area contributed by atoms with E-state index in [2.05, 4.69) is 33.7 Å². The molecule has 0 aliphatic rings. The van der Waals surface area contributed by atoms with E-state index in [0.29, 0.717) is 17.5 Å². The minimum absolute atomic E-state index is 0.0799. The molecule has 4 aromatic rings. The van der Waals surface area contributed by atoms with E-state index in [-0.39, 0.29) is 18.3 Å². The largest absolute Gasteiger partial charge is 0.486 e. The number of ether oxygens (including phenoxy) is 1. The molecule has 4 rings (SSSR count). The second-order valence-electron chi connectivity index (χ2n) is 8.23. The summed E-state index contributed by atoms with van der Waals surface area (Å²) in [4.78, 5) is 12.6. The van der Waals surface area contributed by atoms with Crippen LogP contribution in [0.1, 0.15) is 28.1 Å². The molecule has 0 aliphatic heterocycles. The number of anilines is 1. The average Bonchev–Trinajstić information content (AvgIpc) is 3.21. The van der Waals surface area contributed by atoms with Gasteiger partial charge in [-0.3, -0.25) is 9.36 Å². The van der Waals surface area contributed by atoms with E-state index in [9.17, 15) is 4.79 Å². The lowest BCUT2D eigenvalue weighted by molar-refractivity contribution is -0.113. The molecule has 0 bridgehead atoms. The average molecular weight is 473 g/mol. The van der Waals surface area contributed by atoms with Crippen LogP contribution in [0, 0.1) is 20.8 Å². The van der Waals surface area contributed by atoms with Crippen molar-refractivity contribution >= 4 is 23.4 Å². The van der Waals surface area contributed by atoms with Crippen LogP contribution in [-0.4, -0.2) is 26.4 Å². The van der Waals surface area contributed by atoms with Crippen molar-refractivity contribution in [3.8, 4) is 5.75 Å². The lowest BCUT2D eigenvalue weighted by atomic mass is 10.1. The maximum atomic E-state index is 12.6. The summed E-state index contributed by atoms with van der Waals surface area (Å²) in [5.74, 6) is 1.64. The van der Waals surface area contributed by atoms with Crippen molar-refractivity contribution in [2.24, 2.45) is 0 Å². The van der Waals surface area contributed by atoms with Crippen LogP contribution >= 0.6 is 11.8 Å². The van der Waals surface area contributed by atoms with Crippen molar-refractivity contribution in [3.05, 3.63) is 101 Å². The van der Waals surface area contributed by atoms with Gasteiger partial charge in [0.05, 0.1) is 12.3 Å². The van der Waals surface area contributed by atoms with Gasteiger partial charge in [0, 0.05) is 5.69 Å². The van der Waals surface area contributed by atoms with E-state index in [1.807, 2.05) is 79.9 Å². The lowest BCUT2D eigenvalue weighted by Gasteiger charge is -2.12. The number of nitrogens with zero attached hydrogens (tertiary/aromatic N) is 3. The number of aromatic nitrogens is 3. The molecular weight excluding hydrogens is 444 g/mol. The van der Waals surface area contributed by atoms with Crippen LogP contribution in [-0.2, 0) is 17.9 Å². The van der Waals surface area contributed by atoms with Crippen LogP contribution in [0.2, 0.25) is 0 Å². The molecule has 3 aromatic carbocycles. The van der Waals surface area contributed by atoms with Crippen LogP contribution in [0.5, 0.6) is 5.75 Å². The van der Waals surface area contributed by atoms with E-state index in [0.717, 1.165) is 22.6 Å². The number of benzene rings is 3. The summed E-state index contributed by atoms with van der Waals surface area (Å²) >= 11 is 1.37. The highest BCUT2D eigenvalue weighted by atomic mass is 32.2. The van der Waals surface area contributed by atoms with Gasteiger partial charge in [0.15, 0.2) is 11.0 Å². The van der Waals surface area contributed by atoms with E-state index in [1.165, 1.54) is 22.9 Å². The second kappa shape index (κ2) is 11.0. The number of thioether (sulfide) groups is 1. The molecule has 0 unspecified atom stereocenters. The fourth-order valence-corrected chi connectivity index (χ4v) is 4.27. The highest BCUT2D eigenvalue weighted by Crippen LogP contribution is 2.22. The standard InChI is InChI=1S/C27H28N4O2S/c1-19-9-12-23(13-10-19)33-17-25-29-30-27(31(25)16-22-7-5-4-6-8-22)34-18-26(32)28-24-14-11-20(2)15-21(24)3/h4-15H,16-18H2,1-3H3,(H,28,32). The Morgan fingerprint density at radius 1 is 0.941 bits per heavy atom. The predicted octanol–water partition coefficient (Wildman–Crippen LogP) is 5.56. The van der Waals surface area contributed by atoms with Gasteiger partial charge in [-0.25, -0.2) is 0 Å². The smallest absolute Gasteiger partial charge is 0.234 e. The number of hydrogen-bond donors (Lipinski definition) is 1. The van der Waals surface area contributed by atoms with E-state index < -0.39 is 0 Å². The van der Waals surface area contributed by atoms with Crippen LogP contribution in [0.25, 0.3) is 0 Å². The number of carbonyl (C=O) groups excluding carboxylic acids is 1. The third-order valence-electron chi connectivity index (χ3n) is 5.35. The zero-order chi connectivity index (χ0) is 23.9. The number of hydrogen-bond acceptors (Lipinski definition) is 5. The van der Waals surface area contributed by atoms with Crippen molar-refractivity contribution in [3.63, 3.8) is 0 Å². The van der Waals surface area contributed by atoms with Crippen LogP contribution in [0.15, 0.2) is 78.0 Å². The Morgan fingerprint density at radius 2 is 1.68 bits per heavy atom. The minimum Gasteiger partial charge on any atom is -0.486 e. The molecule has 1 aromatic heterocycles. The maximum Gasteiger partial charge on any atom is 0.234 e. The molecule has 7 heteroatoms. The molecule has 0 radical (unpaired) electrons. The Labute approximate surface area is 204 Å². The first-order chi connectivity index (χ1) is 16.5. The zero-order valence-corrected chi connectivity index (χ0v) is 20.4. The normalized spacial score (nSPS) is 10.8. The summed E-state index contributed by atoms with van der Waals surface area (Å²) in [6.45, 7) is 6.96. The predicted molar refractivity (Wildman–Crippen MR) is 136 cm³/mol. The molecule has 0 saturated heterocycles. The number of carbonyl (C=O) groups is 1. The number of nitrogens with one attached hydrogen (secondary N) is 1. The van der Waals surface area contributed by atoms with Crippen molar-refractivity contribution in [2.75, 3.05) is 11.1 Å². The highest BCUT2D eigenvalue weighted by Gasteiger charge is 2.16. The SMILES string of the molecule is Cc1ccc(OCc2nnc(SCC(=O)Nc3ccc(C)cc3C)n2Cc2ccccc2)cc1. The Balaban J connectivity index is 1.46. The van der Waals surface area contributed by atoms with Gasteiger partial charge in [0.1, 0.15) is 12.4 Å². The third-order valence-corrected chi connectivity index (χ3v) is 6.32. The summed E-state index contributed by atoms with van der Waals surface area (Å²) in [7, 11) is 0. The monoisotopic (exact) mass is 472 g/mol. The van der Waals surface area contributed by atoms with E-state index >= 15 is 0 Å². The molecule has 1 N–H and O–H groups in total. The maximum absolute atomic E-state index is 12.6.